The Morgan fingerprint density at radius 1 is 1.00 bits per heavy atom. The fourth-order valence-electron chi connectivity index (χ4n) is 5.01. The van der Waals surface area contributed by atoms with E-state index in [1.165, 1.54) is 0 Å². The third kappa shape index (κ3) is 9.96. The molecule has 3 atom stereocenters. The van der Waals surface area contributed by atoms with E-state index in [1.54, 1.807) is 19.2 Å². The van der Waals surface area contributed by atoms with Crippen molar-refractivity contribution in [2.24, 2.45) is 17.6 Å². The van der Waals surface area contributed by atoms with Gasteiger partial charge in [-0.15, -0.1) is 12.4 Å². The van der Waals surface area contributed by atoms with Crippen molar-refractivity contribution < 1.29 is 24.2 Å². The Morgan fingerprint density at radius 2 is 1.67 bits per heavy atom. The van der Waals surface area contributed by atoms with Gasteiger partial charge in [0.1, 0.15) is 5.75 Å². The Bertz CT molecular complexity index is 1300. The Balaban J connectivity index is 0.00000645. The summed E-state index contributed by atoms with van der Waals surface area (Å²) in [6.07, 6.45) is 3.13. The summed E-state index contributed by atoms with van der Waals surface area (Å²) in [6, 6.07) is 14.5. The average Bonchev–Trinajstić information content (AvgIpc) is 3.42. The first-order valence-electron chi connectivity index (χ1n) is 14.8. The van der Waals surface area contributed by atoms with Crippen LogP contribution in [0.4, 0.5) is 0 Å². The van der Waals surface area contributed by atoms with Gasteiger partial charge in [-0.25, -0.2) is 0 Å². The fraction of sp³-hybridized carbons (Fsp3) is 0.515. The van der Waals surface area contributed by atoms with Gasteiger partial charge in [-0.2, -0.15) is 0 Å². The van der Waals surface area contributed by atoms with Crippen LogP contribution in [-0.4, -0.2) is 67.5 Å². The number of halogens is 1. The summed E-state index contributed by atoms with van der Waals surface area (Å²) in [5.74, 6) is 0.386. The normalized spacial score (nSPS) is 13.7. The lowest BCUT2D eigenvalue weighted by Crippen LogP contribution is -2.49. The Morgan fingerprint density at radius 3 is 2.40 bits per heavy atom. The number of rotatable bonds is 17. The quantitative estimate of drug-likeness (QED) is 0.141. The van der Waals surface area contributed by atoms with E-state index in [0.717, 1.165) is 29.3 Å². The second kappa shape index (κ2) is 17.3. The number of nitrogens with two attached hydrogens (primary N) is 1. The molecule has 0 radical (unpaired) electrons. The van der Waals surface area contributed by atoms with Crippen molar-refractivity contribution in [1.29, 1.82) is 0 Å². The second-order valence-electron chi connectivity index (χ2n) is 11.8. The van der Waals surface area contributed by atoms with E-state index in [-0.39, 0.29) is 42.6 Å². The summed E-state index contributed by atoms with van der Waals surface area (Å²) >= 11 is 0. The second-order valence-corrected chi connectivity index (χ2v) is 11.8. The molecule has 3 aromatic rings. The van der Waals surface area contributed by atoms with E-state index in [4.69, 9.17) is 15.2 Å². The summed E-state index contributed by atoms with van der Waals surface area (Å²) in [6.45, 7) is 9.49. The number of aromatic nitrogens is 1. The molecule has 0 bridgehead atoms. The van der Waals surface area contributed by atoms with Crippen LogP contribution in [0.2, 0.25) is 0 Å². The largest absolute Gasteiger partial charge is 0.493 e. The van der Waals surface area contributed by atoms with Crippen molar-refractivity contribution in [3.05, 3.63) is 65.9 Å². The zero-order valence-electron chi connectivity index (χ0n) is 26.0. The van der Waals surface area contributed by atoms with E-state index < -0.39 is 17.6 Å². The molecule has 0 unspecified atom stereocenters. The number of benzene rings is 2. The highest BCUT2D eigenvalue weighted by atomic mass is 35.5. The number of H-pyrrole nitrogens is 1. The number of ether oxygens (including phenoxy) is 2. The topological polar surface area (TPSA) is 139 Å². The van der Waals surface area contributed by atoms with Crippen molar-refractivity contribution in [2.45, 2.75) is 64.5 Å². The van der Waals surface area contributed by atoms with Gasteiger partial charge < -0.3 is 35.9 Å². The van der Waals surface area contributed by atoms with E-state index >= 15 is 0 Å². The SMILES string of the molecule is COCCCCOc1ccccc1C(=O)NC[C@@H](C[C@H](N)[C@@H](O)CNC(=O)C(C)(C)c1c[nH]c2ccccc12)C(C)C.Cl. The monoisotopic (exact) mass is 616 g/mol. The lowest BCUT2D eigenvalue weighted by Gasteiger charge is -2.29. The summed E-state index contributed by atoms with van der Waals surface area (Å²) in [5, 5.41) is 17.7. The van der Waals surface area contributed by atoms with E-state index in [9.17, 15) is 14.7 Å². The van der Waals surface area contributed by atoms with Gasteiger partial charge in [0.25, 0.3) is 5.91 Å². The predicted octanol–water partition coefficient (Wildman–Crippen LogP) is 4.57. The molecule has 0 aliphatic heterocycles. The highest BCUT2D eigenvalue weighted by Gasteiger charge is 2.33. The Kier molecular flexibility index (Phi) is 14.5. The zero-order chi connectivity index (χ0) is 30.7. The van der Waals surface area contributed by atoms with Crippen molar-refractivity contribution in [2.75, 3.05) is 33.4 Å². The molecule has 3 rings (SSSR count). The number of aliphatic hydroxyl groups is 1. The third-order valence-corrected chi connectivity index (χ3v) is 7.97. The fourth-order valence-corrected chi connectivity index (χ4v) is 5.01. The molecule has 0 aliphatic carbocycles. The number of carbonyl (C=O) groups is 2. The molecule has 238 valence electrons. The van der Waals surface area contributed by atoms with Gasteiger partial charge in [0.2, 0.25) is 5.91 Å². The molecule has 6 N–H and O–H groups in total. The molecule has 10 heteroatoms. The maximum atomic E-state index is 13.2. The van der Waals surface area contributed by atoms with Crippen molar-refractivity contribution in [3.8, 4) is 5.75 Å². The molecule has 2 amide bonds. The van der Waals surface area contributed by atoms with Crippen LogP contribution < -0.4 is 21.1 Å². The Hall–Kier alpha value is -3.11. The molecule has 0 spiro atoms. The number of carbonyl (C=O) groups excluding carboxylic acids is 2. The minimum absolute atomic E-state index is 0. The van der Waals surface area contributed by atoms with Crippen molar-refractivity contribution in [1.82, 2.24) is 15.6 Å². The Labute approximate surface area is 261 Å². The highest BCUT2D eigenvalue weighted by molar-refractivity contribution is 5.97. The average molecular weight is 617 g/mol. The molecule has 43 heavy (non-hydrogen) atoms. The van der Waals surface area contributed by atoms with E-state index in [1.807, 2.05) is 56.4 Å². The van der Waals surface area contributed by atoms with E-state index in [2.05, 4.69) is 29.5 Å². The minimum atomic E-state index is -0.933. The van der Waals surface area contributed by atoms with Gasteiger partial charge >= 0.3 is 0 Å². The van der Waals surface area contributed by atoms with Crippen LogP contribution in [-0.2, 0) is 14.9 Å². The maximum absolute atomic E-state index is 13.2. The van der Waals surface area contributed by atoms with Crippen molar-refractivity contribution in [3.63, 3.8) is 0 Å². The van der Waals surface area contributed by atoms with Gasteiger partial charge in [-0.3, -0.25) is 9.59 Å². The number of aromatic amines is 1. The number of fused-ring (bicyclic) bond motifs is 1. The van der Waals surface area contributed by atoms with Crippen LogP contribution in [0.1, 0.15) is 62.9 Å². The lowest BCUT2D eigenvalue weighted by molar-refractivity contribution is -0.126. The smallest absolute Gasteiger partial charge is 0.255 e. The third-order valence-electron chi connectivity index (χ3n) is 7.97. The number of hydrogen-bond acceptors (Lipinski definition) is 6. The van der Waals surface area contributed by atoms with Gasteiger partial charge in [-0.1, -0.05) is 44.2 Å². The molecular formula is C33H49ClN4O5. The summed E-state index contributed by atoms with van der Waals surface area (Å²) < 4.78 is 10.9. The number of para-hydroxylation sites is 2. The van der Waals surface area contributed by atoms with Gasteiger partial charge in [0.15, 0.2) is 0 Å². The molecule has 0 saturated carbocycles. The summed E-state index contributed by atoms with van der Waals surface area (Å²) in [5.41, 5.74) is 7.94. The molecule has 9 nitrogen and oxygen atoms in total. The zero-order valence-corrected chi connectivity index (χ0v) is 26.8. The first-order chi connectivity index (χ1) is 20.1. The van der Waals surface area contributed by atoms with Crippen LogP contribution in [0.5, 0.6) is 5.75 Å². The van der Waals surface area contributed by atoms with Crippen molar-refractivity contribution >= 4 is 35.1 Å². The first kappa shape index (κ1) is 36.1. The number of aliphatic hydroxyl groups excluding tert-OH is 1. The van der Waals surface area contributed by atoms with Gasteiger partial charge in [0.05, 0.1) is 23.7 Å². The molecule has 0 saturated heterocycles. The number of hydrogen-bond donors (Lipinski definition) is 5. The van der Waals surface area contributed by atoms with Gasteiger partial charge in [0, 0.05) is 49.9 Å². The summed E-state index contributed by atoms with van der Waals surface area (Å²) in [4.78, 5) is 29.5. The molecule has 0 fully saturated rings. The summed E-state index contributed by atoms with van der Waals surface area (Å²) in [7, 11) is 1.67. The molecule has 1 heterocycles. The standard InChI is InChI=1S/C33H48N4O5.ClH/c1-22(2)23(19-36-31(39)25-13-7-9-15-30(25)42-17-11-10-16-41-5)18-27(34)29(38)21-37-32(40)33(3,4)26-20-35-28-14-8-6-12-24(26)28;/h6-9,12-15,20,22-23,27,29,35,38H,10-11,16-19,21,34H2,1-5H3,(H,36,39)(H,37,40);1H/t23-,27+,29+;/m1./s1. The predicted molar refractivity (Wildman–Crippen MR) is 174 cm³/mol. The number of nitrogens with one attached hydrogen (secondary N) is 3. The first-order valence-corrected chi connectivity index (χ1v) is 14.8. The van der Waals surface area contributed by atoms with Crippen LogP contribution in [0.3, 0.4) is 0 Å². The van der Waals surface area contributed by atoms with Crippen LogP contribution >= 0.6 is 12.4 Å². The molecular weight excluding hydrogens is 568 g/mol. The molecule has 0 aliphatic rings. The minimum Gasteiger partial charge on any atom is -0.493 e. The van der Waals surface area contributed by atoms with Crippen LogP contribution in [0.15, 0.2) is 54.7 Å². The molecule has 1 aromatic heterocycles. The number of amides is 2. The maximum Gasteiger partial charge on any atom is 0.255 e. The number of unbranched alkanes of at least 4 members (excludes halogenated alkanes) is 1. The van der Waals surface area contributed by atoms with Crippen LogP contribution in [0.25, 0.3) is 10.9 Å². The highest BCUT2D eigenvalue weighted by Crippen LogP contribution is 2.30. The number of methoxy groups -OCH3 is 1. The molecule has 2 aromatic carbocycles. The van der Waals surface area contributed by atoms with Crippen LogP contribution in [0, 0.1) is 11.8 Å². The van der Waals surface area contributed by atoms with Gasteiger partial charge in [-0.05, 0) is 68.7 Å². The lowest BCUT2D eigenvalue weighted by atomic mass is 9.83. The van der Waals surface area contributed by atoms with E-state index in [0.29, 0.717) is 37.5 Å².